The highest BCUT2D eigenvalue weighted by atomic mass is 19.4. The van der Waals surface area contributed by atoms with Crippen molar-refractivity contribution in [3.8, 4) is 11.6 Å². The number of urea groups is 1. The zero-order chi connectivity index (χ0) is 20.1. The maximum absolute atomic E-state index is 12.8. The highest BCUT2D eigenvalue weighted by Crippen LogP contribution is 2.31. The van der Waals surface area contributed by atoms with E-state index in [4.69, 9.17) is 9.47 Å². The molecule has 0 unspecified atom stereocenters. The molecule has 0 saturated carbocycles. The van der Waals surface area contributed by atoms with Gasteiger partial charge in [0.05, 0.1) is 18.7 Å². The average molecular weight is 395 g/mol. The lowest BCUT2D eigenvalue weighted by atomic mass is 10.2. The van der Waals surface area contributed by atoms with Gasteiger partial charge in [0.1, 0.15) is 11.9 Å². The fourth-order valence-electron chi connectivity index (χ4n) is 2.83. The molecule has 1 aliphatic rings. The topological polar surface area (TPSA) is 63.7 Å². The number of nitrogens with zero attached hydrogens (tertiary/aromatic N) is 2. The zero-order valence-electron chi connectivity index (χ0n) is 15.2. The maximum Gasteiger partial charge on any atom is 0.416 e. The molecule has 1 aromatic carbocycles. The van der Waals surface area contributed by atoms with Gasteiger partial charge in [-0.1, -0.05) is 0 Å². The van der Waals surface area contributed by atoms with E-state index in [1.165, 1.54) is 0 Å². The molecule has 1 saturated heterocycles. The standard InChI is InChI=1S/C19H20F3N3O3/c1-2-27-15-5-3-14(4-6-15)24-18(26)25-10-8-16(12-25)28-17-11-13(7-9-23-17)19(20,21)22/h3-7,9,11,16H,2,8,10,12H2,1H3,(H,24,26)/t16-/m1/s1. The Labute approximate surface area is 160 Å². The number of carbonyl (C=O) groups is 1. The fraction of sp³-hybridized carbons (Fsp3) is 0.368. The second-order valence-corrected chi connectivity index (χ2v) is 6.24. The zero-order valence-corrected chi connectivity index (χ0v) is 15.2. The summed E-state index contributed by atoms with van der Waals surface area (Å²) in [6, 6.07) is 8.44. The van der Waals surface area contributed by atoms with Crippen molar-refractivity contribution < 1.29 is 27.4 Å². The molecule has 3 rings (SSSR count). The number of benzene rings is 1. The fourth-order valence-corrected chi connectivity index (χ4v) is 2.83. The van der Waals surface area contributed by atoms with E-state index in [1.807, 2.05) is 6.92 Å². The molecule has 1 aliphatic heterocycles. The molecule has 1 atom stereocenters. The maximum atomic E-state index is 12.8. The molecule has 1 fully saturated rings. The minimum Gasteiger partial charge on any atom is -0.494 e. The second-order valence-electron chi connectivity index (χ2n) is 6.24. The Morgan fingerprint density at radius 3 is 2.71 bits per heavy atom. The molecular formula is C19H20F3N3O3. The van der Waals surface area contributed by atoms with Crippen molar-refractivity contribution in [2.24, 2.45) is 0 Å². The molecule has 0 spiro atoms. The summed E-state index contributed by atoms with van der Waals surface area (Å²) in [5, 5.41) is 2.78. The van der Waals surface area contributed by atoms with Gasteiger partial charge in [-0.05, 0) is 37.3 Å². The molecule has 2 amide bonds. The van der Waals surface area contributed by atoms with Gasteiger partial charge < -0.3 is 19.7 Å². The molecular weight excluding hydrogens is 375 g/mol. The molecule has 150 valence electrons. The van der Waals surface area contributed by atoms with E-state index in [0.717, 1.165) is 18.3 Å². The van der Waals surface area contributed by atoms with E-state index in [2.05, 4.69) is 10.3 Å². The molecule has 2 heterocycles. The van der Waals surface area contributed by atoms with Crippen LogP contribution >= 0.6 is 0 Å². The number of aromatic nitrogens is 1. The number of ether oxygens (including phenoxy) is 2. The van der Waals surface area contributed by atoms with Gasteiger partial charge in [0.25, 0.3) is 0 Å². The Hall–Kier alpha value is -2.97. The van der Waals surface area contributed by atoms with Crippen LogP contribution in [-0.2, 0) is 6.18 Å². The van der Waals surface area contributed by atoms with Crippen LogP contribution in [0.1, 0.15) is 18.9 Å². The van der Waals surface area contributed by atoms with Gasteiger partial charge >= 0.3 is 12.2 Å². The third-order valence-electron chi connectivity index (χ3n) is 4.20. The first-order valence-corrected chi connectivity index (χ1v) is 8.84. The van der Waals surface area contributed by atoms with Gasteiger partial charge in [0.2, 0.25) is 5.88 Å². The lowest BCUT2D eigenvalue weighted by molar-refractivity contribution is -0.137. The molecule has 9 heteroatoms. The Bertz CT molecular complexity index is 812. The van der Waals surface area contributed by atoms with E-state index in [-0.39, 0.29) is 18.5 Å². The van der Waals surface area contributed by atoms with Crippen LogP contribution in [0.5, 0.6) is 11.6 Å². The number of likely N-dealkylation sites (tertiary alicyclic amines) is 1. The van der Waals surface area contributed by atoms with Crippen LogP contribution < -0.4 is 14.8 Å². The average Bonchev–Trinajstić information content (AvgIpc) is 3.12. The molecule has 0 aliphatic carbocycles. The SMILES string of the molecule is CCOc1ccc(NC(=O)N2CC[C@@H](Oc3cc(C(F)(F)F)ccn3)C2)cc1. The number of nitrogens with one attached hydrogen (secondary N) is 1. The van der Waals surface area contributed by atoms with Crippen LogP contribution in [0.2, 0.25) is 0 Å². The van der Waals surface area contributed by atoms with Crippen molar-refractivity contribution in [2.75, 3.05) is 25.0 Å². The summed E-state index contributed by atoms with van der Waals surface area (Å²) in [6.07, 6.45) is -3.31. The lowest BCUT2D eigenvalue weighted by Gasteiger charge is -2.18. The minimum atomic E-state index is -4.46. The van der Waals surface area contributed by atoms with E-state index in [0.29, 0.717) is 31.0 Å². The van der Waals surface area contributed by atoms with Crippen molar-refractivity contribution >= 4 is 11.7 Å². The summed E-state index contributed by atoms with van der Waals surface area (Å²) in [7, 11) is 0. The predicted octanol–water partition coefficient (Wildman–Crippen LogP) is 4.18. The van der Waals surface area contributed by atoms with Crippen LogP contribution in [0.15, 0.2) is 42.6 Å². The number of anilines is 1. The van der Waals surface area contributed by atoms with Gasteiger partial charge in [-0.2, -0.15) is 13.2 Å². The Morgan fingerprint density at radius 2 is 2.04 bits per heavy atom. The summed E-state index contributed by atoms with van der Waals surface area (Å²) in [6.45, 7) is 3.14. The van der Waals surface area contributed by atoms with Crippen LogP contribution in [-0.4, -0.2) is 41.7 Å². The van der Waals surface area contributed by atoms with Crippen molar-refractivity contribution in [1.82, 2.24) is 9.88 Å². The molecule has 28 heavy (non-hydrogen) atoms. The first-order valence-electron chi connectivity index (χ1n) is 8.84. The predicted molar refractivity (Wildman–Crippen MR) is 96.5 cm³/mol. The van der Waals surface area contributed by atoms with Crippen molar-refractivity contribution in [3.05, 3.63) is 48.2 Å². The van der Waals surface area contributed by atoms with Crippen molar-refractivity contribution in [1.29, 1.82) is 0 Å². The van der Waals surface area contributed by atoms with Gasteiger partial charge in [-0.15, -0.1) is 0 Å². The van der Waals surface area contributed by atoms with E-state index in [9.17, 15) is 18.0 Å². The largest absolute Gasteiger partial charge is 0.494 e. The summed E-state index contributed by atoms with van der Waals surface area (Å²) in [5.74, 6) is 0.609. The molecule has 6 nitrogen and oxygen atoms in total. The molecule has 0 bridgehead atoms. The van der Waals surface area contributed by atoms with E-state index < -0.39 is 17.8 Å². The molecule has 1 aromatic heterocycles. The minimum absolute atomic E-state index is 0.103. The third kappa shape index (κ3) is 5.05. The number of amides is 2. The first kappa shape index (κ1) is 19.8. The summed E-state index contributed by atoms with van der Waals surface area (Å²) >= 11 is 0. The number of halogens is 3. The number of hydrogen-bond donors (Lipinski definition) is 1. The van der Waals surface area contributed by atoms with Gasteiger partial charge in [0, 0.05) is 30.9 Å². The van der Waals surface area contributed by atoms with Crippen LogP contribution in [0.25, 0.3) is 0 Å². The van der Waals surface area contributed by atoms with Crippen molar-refractivity contribution in [2.45, 2.75) is 25.6 Å². The second kappa shape index (κ2) is 8.37. The molecule has 0 radical (unpaired) electrons. The lowest BCUT2D eigenvalue weighted by Crippen LogP contribution is -2.34. The van der Waals surface area contributed by atoms with E-state index in [1.54, 1.807) is 29.2 Å². The smallest absolute Gasteiger partial charge is 0.416 e. The van der Waals surface area contributed by atoms with E-state index >= 15 is 0 Å². The van der Waals surface area contributed by atoms with Crippen LogP contribution in [0, 0.1) is 0 Å². The Morgan fingerprint density at radius 1 is 1.29 bits per heavy atom. The van der Waals surface area contributed by atoms with Gasteiger partial charge in [-0.25, -0.2) is 9.78 Å². The Kier molecular flexibility index (Phi) is 5.91. The number of rotatable bonds is 5. The number of alkyl halides is 3. The molecule has 1 N–H and O–H groups in total. The van der Waals surface area contributed by atoms with Crippen molar-refractivity contribution in [3.63, 3.8) is 0 Å². The van der Waals surface area contributed by atoms with Crippen LogP contribution in [0.3, 0.4) is 0 Å². The number of pyridine rings is 1. The normalized spacial score (nSPS) is 16.7. The summed E-state index contributed by atoms with van der Waals surface area (Å²) in [4.78, 5) is 17.7. The number of carbonyl (C=O) groups excluding carboxylic acids is 1. The summed E-state index contributed by atoms with van der Waals surface area (Å²) < 4.78 is 49.2. The van der Waals surface area contributed by atoms with Gasteiger partial charge in [0.15, 0.2) is 0 Å². The Balaban J connectivity index is 1.54. The quantitative estimate of drug-likeness (QED) is 0.825. The van der Waals surface area contributed by atoms with Gasteiger partial charge in [-0.3, -0.25) is 0 Å². The molecule has 2 aromatic rings. The summed E-state index contributed by atoms with van der Waals surface area (Å²) in [5.41, 5.74) is -0.196. The number of hydrogen-bond acceptors (Lipinski definition) is 4. The monoisotopic (exact) mass is 395 g/mol. The van der Waals surface area contributed by atoms with Crippen LogP contribution in [0.4, 0.5) is 23.7 Å². The highest BCUT2D eigenvalue weighted by Gasteiger charge is 2.32. The highest BCUT2D eigenvalue weighted by molar-refractivity contribution is 5.89. The third-order valence-corrected chi connectivity index (χ3v) is 4.20. The first-order chi connectivity index (χ1) is 13.3.